The summed E-state index contributed by atoms with van der Waals surface area (Å²) >= 11 is 0. The smallest absolute Gasteiger partial charge is 0.305 e. The standard InChI is InChI=1S/C73H143NO5/c1-3-5-7-9-11-13-15-17-39-42-45-49-53-57-61-65-71(76)70(69-75)74-72(77)66-62-58-54-50-46-43-40-37-35-33-31-29-27-25-23-21-19-18-20-22-24-26-28-30-32-34-36-38-41-44-48-52-56-60-64-68-79-73(78)67-63-59-55-51-47-16-14-12-10-8-6-4-2/h12,14,70-71,75-76H,3-11,13,15-69H2,1-2H3,(H,74,77)/b14-12-. The molecule has 6 nitrogen and oxygen atoms in total. The van der Waals surface area contributed by atoms with Crippen LogP contribution < -0.4 is 5.32 Å². The van der Waals surface area contributed by atoms with Crippen LogP contribution >= 0.6 is 0 Å². The normalized spacial score (nSPS) is 12.5. The summed E-state index contributed by atoms with van der Waals surface area (Å²) in [5.41, 5.74) is 0. The summed E-state index contributed by atoms with van der Waals surface area (Å²) in [5.74, 6) is -0.0129. The first kappa shape index (κ1) is 77.6. The third-order valence-electron chi connectivity index (χ3n) is 17.3. The van der Waals surface area contributed by atoms with Crippen molar-refractivity contribution in [2.45, 2.75) is 431 Å². The van der Waals surface area contributed by atoms with Gasteiger partial charge in [0.15, 0.2) is 0 Å². The van der Waals surface area contributed by atoms with E-state index >= 15 is 0 Å². The van der Waals surface area contributed by atoms with E-state index in [-0.39, 0.29) is 18.5 Å². The maximum absolute atomic E-state index is 12.5. The van der Waals surface area contributed by atoms with Crippen molar-refractivity contribution in [2.75, 3.05) is 13.2 Å². The lowest BCUT2D eigenvalue weighted by molar-refractivity contribution is -0.143. The number of amides is 1. The second-order valence-electron chi connectivity index (χ2n) is 25.3. The molecule has 0 aromatic rings. The third kappa shape index (κ3) is 65.6. The van der Waals surface area contributed by atoms with Crippen LogP contribution in [-0.2, 0) is 14.3 Å². The van der Waals surface area contributed by atoms with Crippen molar-refractivity contribution in [1.82, 2.24) is 5.32 Å². The molecule has 79 heavy (non-hydrogen) atoms. The summed E-state index contributed by atoms with van der Waals surface area (Å²) in [5, 5.41) is 23.3. The van der Waals surface area contributed by atoms with E-state index in [1.165, 1.54) is 340 Å². The summed E-state index contributed by atoms with van der Waals surface area (Å²) in [7, 11) is 0. The lowest BCUT2D eigenvalue weighted by Gasteiger charge is -2.22. The Morgan fingerprint density at radius 1 is 0.342 bits per heavy atom. The second-order valence-corrected chi connectivity index (χ2v) is 25.3. The highest BCUT2D eigenvalue weighted by atomic mass is 16.5. The monoisotopic (exact) mass is 1110 g/mol. The van der Waals surface area contributed by atoms with E-state index in [0.29, 0.717) is 25.9 Å². The molecule has 6 heteroatoms. The van der Waals surface area contributed by atoms with Crippen molar-refractivity contribution in [3.63, 3.8) is 0 Å². The molecule has 0 aromatic heterocycles. The van der Waals surface area contributed by atoms with Crippen LogP contribution in [0.4, 0.5) is 0 Å². The molecular weight excluding hydrogens is 971 g/mol. The molecule has 0 aliphatic heterocycles. The predicted molar refractivity (Wildman–Crippen MR) is 347 cm³/mol. The van der Waals surface area contributed by atoms with E-state index in [9.17, 15) is 19.8 Å². The fraction of sp³-hybridized carbons (Fsp3) is 0.945. The number of aliphatic hydroxyl groups is 2. The molecule has 2 atom stereocenters. The molecule has 470 valence electrons. The number of aliphatic hydroxyl groups excluding tert-OH is 2. The van der Waals surface area contributed by atoms with Gasteiger partial charge in [0.25, 0.3) is 0 Å². The van der Waals surface area contributed by atoms with Crippen molar-refractivity contribution < 1.29 is 24.5 Å². The molecule has 0 fully saturated rings. The second kappa shape index (κ2) is 69.1. The van der Waals surface area contributed by atoms with Gasteiger partial charge in [-0.05, 0) is 51.4 Å². The van der Waals surface area contributed by atoms with E-state index < -0.39 is 12.1 Å². The van der Waals surface area contributed by atoms with Gasteiger partial charge >= 0.3 is 5.97 Å². The van der Waals surface area contributed by atoms with Gasteiger partial charge in [0, 0.05) is 12.8 Å². The lowest BCUT2D eigenvalue weighted by Crippen LogP contribution is -2.45. The lowest BCUT2D eigenvalue weighted by atomic mass is 10.0. The number of carbonyl (C=O) groups excluding carboxylic acids is 2. The Bertz CT molecular complexity index is 1190. The van der Waals surface area contributed by atoms with Crippen LogP contribution in [0.2, 0.25) is 0 Å². The Kier molecular flexibility index (Phi) is 67.9. The summed E-state index contributed by atoms with van der Waals surface area (Å²) in [6, 6.07) is -0.536. The largest absolute Gasteiger partial charge is 0.466 e. The van der Waals surface area contributed by atoms with Gasteiger partial charge in [0.05, 0.1) is 25.4 Å². The number of esters is 1. The molecular formula is C73H143NO5. The molecule has 0 saturated heterocycles. The SMILES string of the molecule is CCCCC/C=C\CCCCCCCC(=O)OCCCCCCCCCCCCCCCCCCCCCCCCCCCCCCCCCCCCCC(=O)NC(CO)C(O)CCCCCCCCCCCCCCCCC. The zero-order chi connectivity index (χ0) is 57.1. The number of carbonyl (C=O) groups is 2. The van der Waals surface area contributed by atoms with Crippen LogP contribution in [0.15, 0.2) is 12.2 Å². The number of allylic oxidation sites excluding steroid dienone is 2. The predicted octanol–water partition coefficient (Wildman–Crippen LogP) is 23.5. The van der Waals surface area contributed by atoms with Gasteiger partial charge in [-0.15, -0.1) is 0 Å². The van der Waals surface area contributed by atoms with Crippen molar-refractivity contribution in [3.05, 3.63) is 12.2 Å². The molecule has 0 spiro atoms. The number of hydrogen-bond donors (Lipinski definition) is 3. The number of ether oxygens (including phenoxy) is 1. The topological polar surface area (TPSA) is 95.9 Å². The number of rotatable bonds is 69. The average molecular weight is 1110 g/mol. The molecule has 0 aliphatic rings. The molecule has 0 radical (unpaired) electrons. The zero-order valence-electron chi connectivity index (χ0n) is 53.9. The highest BCUT2D eigenvalue weighted by molar-refractivity contribution is 5.76. The highest BCUT2D eigenvalue weighted by Gasteiger charge is 2.20. The van der Waals surface area contributed by atoms with Gasteiger partial charge in [-0.25, -0.2) is 0 Å². The van der Waals surface area contributed by atoms with E-state index in [4.69, 9.17) is 4.74 Å². The van der Waals surface area contributed by atoms with Crippen LogP contribution in [0.5, 0.6) is 0 Å². The Balaban J connectivity index is 3.30. The van der Waals surface area contributed by atoms with E-state index in [0.717, 1.165) is 44.9 Å². The third-order valence-corrected chi connectivity index (χ3v) is 17.3. The minimum Gasteiger partial charge on any atom is -0.466 e. The summed E-state index contributed by atoms with van der Waals surface area (Å²) < 4.78 is 5.48. The van der Waals surface area contributed by atoms with Crippen LogP contribution in [-0.4, -0.2) is 47.4 Å². The van der Waals surface area contributed by atoms with Gasteiger partial charge in [-0.2, -0.15) is 0 Å². The Hall–Kier alpha value is -1.40. The number of unbranched alkanes of at least 4 members (excludes halogenated alkanes) is 56. The van der Waals surface area contributed by atoms with Crippen LogP contribution in [0, 0.1) is 0 Å². The highest BCUT2D eigenvalue weighted by Crippen LogP contribution is 2.20. The zero-order valence-corrected chi connectivity index (χ0v) is 53.9. The number of nitrogens with one attached hydrogen (secondary N) is 1. The Morgan fingerprint density at radius 3 is 0.924 bits per heavy atom. The first-order chi connectivity index (χ1) is 39.0. The first-order valence-corrected chi connectivity index (χ1v) is 36.4. The maximum atomic E-state index is 12.5. The fourth-order valence-electron chi connectivity index (χ4n) is 11.8. The molecule has 0 aromatic carbocycles. The first-order valence-electron chi connectivity index (χ1n) is 36.4. The van der Waals surface area contributed by atoms with Gasteiger partial charge < -0.3 is 20.3 Å². The Labute approximate surface area is 495 Å². The molecule has 3 N–H and O–H groups in total. The van der Waals surface area contributed by atoms with E-state index in [1.807, 2.05) is 0 Å². The fourth-order valence-corrected chi connectivity index (χ4v) is 11.8. The molecule has 1 amide bonds. The molecule has 0 heterocycles. The van der Waals surface area contributed by atoms with Crippen molar-refractivity contribution in [2.24, 2.45) is 0 Å². The maximum Gasteiger partial charge on any atom is 0.305 e. The van der Waals surface area contributed by atoms with Crippen molar-refractivity contribution >= 4 is 11.9 Å². The van der Waals surface area contributed by atoms with E-state index in [2.05, 4.69) is 31.3 Å². The van der Waals surface area contributed by atoms with E-state index in [1.54, 1.807) is 0 Å². The van der Waals surface area contributed by atoms with Gasteiger partial charge in [-0.3, -0.25) is 9.59 Å². The van der Waals surface area contributed by atoms with Crippen molar-refractivity contribution in [3.8, 4) is 0 Å². The van der Waals surface area contributed by atoms with Crippen LogP contribution in [0.3, 0.4) is 0 Å². The molecule has 0 aliphatic carbocycles. The van der Waals surface area contributed by atoms with Crippen molar-refractivity contribution in [1.29, 1.82) is 0 Å². The summed E-state index contributed by atoms with van der Waals surface area (Å²) in [6.07, 6.45) is 85.7. The number of hydrogen-bond acceptors (Lipinski definition) is 5. The molecule has 0 saturated carbocycles. The van der Waals surface area contributed by atoms with Gasteiger partial charge in [0.1, 0.15) is 0 Å². The summed E-state index contributed by atoms with van der Waals surface area (Å²) in [4.78, 5) is 24.5. The quantitative estimate of drug-likeness (QED) is 0.0320. The van der Waals surface area contributed by atoms with Gasteiger partial charge in [0.2, 0.25) is 5.91 Å². The molecule has 0 rings (SSSR count). The minimum absolute atomic E-state index is 0.0132. The van der Waals surface area contributed by atoms with Gasteiger partial charge in [-0.1, -0.05) is 366 Å². The average Bonchev–Trinajstić information content (AvgIpc) is 3.45. The summed E-state index contributed by atoms with van der Waals surface area (Å²) in [6.45, 7) is 4.97. The Morgan fingerprint density at radius 2 is 0.595 bits per heavy atom. The van der Waals surface area contributed by atoms with Crippen LogP contribution in [0.1, 0.15) is 418 Å². The van der Waals surface area contributed by atoms with Crippen LogP contribution in [0.25, 0.3) is 0 Å². The minimum atomic E-state index is -0.659. The molecule has 0 bridgehead atoms. The molecule has 2 unspecified atom stereocenters.